The normalized spacial score (nSPS) is 7.00. The summed E-state index contributed by atoms with van der Waals surface area (Å²) in [6.07, 6.45) is 0. The van der Waals surface area contributed by atoms with Crippen LogP contribution in [-0.2, 0) is 61.8 Å². The Morgan fingerprint density at radius 1 is 1.00 bits per heavy atom. The Morgan fingerprint density at radius 2 is 1.25 bits per heavy atom. The number of hydrogen-bond acceptors (Lipinski definition) is 4. The Bertz CT molecular complexity index is 129. The molecule has 0 rings (SSSR count). The second-order valence-corrected chi connectivity index (χ2v) is 3.58. The number of hydrogen-bond donors (Lipinski definition) is 2. The Hall–Kier alpha value is 1.36. The summed E-state index contributed by atoms with van der Waals surface area (Å²) in [6.45, 7) is 1.33. The quantitative estimate of drug-likeness (QED) is 0.322. The maximum atomic E-state index is 4.59. The zero-order valence-electron chi connectivity index (χ0n) is 6.13. The van der Waals surface area contributed by atoms with Gasteiger partial charge in [-0.1, -0.05) is 8.64 Å². The smallest absolute Gasteiger partial charge is 0.412 e. The summed E-state index contributed by atoms with van der Waals surface area (Å²) in [5.74, 6) is 0. The van der Waals surface area contributed by atoms with Crippen molar-refractivity contribution >= 4 is 58.3 Å². The van der Waals surface area contributed by atoms with E-state index in [0.717, 1.165) is 0 Å². The monoisotopic (exact) mass is 329 g/mol. The van der Waals surface area contributed by atoms with Crippen molar-refractivity contribution in [3.05, 3.63) is 0 Å². The van der Waals surface area contributed by atoms with Gasteiger partial charge < -0.3 is 60.3 Å². The first kappa shape index (κ1) is 19.0. The Balaban J connectivity index is -0.000000405. The Morgan fingerprint density at radius 3 is 1.42 bits per heavy atom. The molecule has 0 aliphatic heterocycles. The van der Waals surface area contributed by atoms with Gasteiger partial charge in [-0.3, -0.25) is 0 Å². The van der Waals surface area contributed by atoms with Gasteiger partial charge in [0, 0.05) is 32.6 Å². The topological polar surface area (TPSA) is 24.1 Å². The average Bonchev–Trinajstić information content (AvgIpc) is 1.79. The maximum Gasteiger partial charge on any atom is 2.00 e. The molecule has 0 bridgehead atoms. The molecule has 0 amide bonds. The van der Waals surface area contributed by atoms with Gasteiger partial charge in [-0.15, -0.1) is 0 Å². The molecule has 0 unspecified atom stereocenters. The second kappa shape index (κ2) is 12.4. The van der Waals surface area contributed by atoms with Crippen LogP contribution in [0.1, 0.15) is 0 Å². The van der Waals surface area contributed by atoms with Crippen molar-refractivity contribution in [2.24, 2.45) is 0 Å². The molecule has 8 heteroatoms. The van der Waals surface area contributed by atoms with Crippen LogP contribution >= 0.6 is 24.4 Å². The molecule has 12 heavy (non-hydrogen) atoms. The van der Waals surface area contributed by atoms with E-state index < -0.39 is 0 Å². The van der Waals surface area contributed by atoms with Crippen LogP contribution < -0.4 is 10.6 Å². The fraction of sp³-hybridized carbons (Fsp3) is 0.500. The molecule has 0 fully saturated rings. The largest absolute Gasteiger partial charge is 2.00 e. The van der Waals surface area contributed by atoms with Gasteiger partial charge in [0.1, 0.15) is 0 Å². The molecule has 0 aliphatic rings. The van der Waals surface area contributed by atoms with E-state index in [1.807, 2.05) is 0 Å². The van der Waals surface area contributed by atoms with Gasteiger partial charge >= 0.3 is 17.1 Å². The number of nitrogens with one attached hydrogen (secondary N) is 2. The fourth-order valence-electron chi connectivity index (χ4n) is 0.329. The minimum Gasteiger partial charge on any atom is -0.412 e. The molecule has 0 aromatic carbocycles. The summed E-state index contributed by atoms with van der Waals surface area (Å²) >= 11 is 18.4. The summed E-state index contributed by atoms with van der Waals surface area (Å²) < 4.78 is 0.745. The molecule has 0 aromatic rings. The molecular formula is C4H6MnN2S4Zn. The molecule has 0 saturated carbocycles. The zero-order valence-corrected chi connectivity index (χ0v) is 13.5. The van der Waals surface area contributed by atoms with Crippen molar-refractivity contribution < 1.29 is 36.5 Å². The Kier molecular flexibility index (Phi) is 19.6. The summed E-state index contributed by atoms with van der Waals surface area (Å²) in [7, 11) is 0. The molecule has 0 aliphatic carbocycles. The Labute approximate surface area is 117 Å². The van der Waals surface area contributed by atoms with E-state index in [1.165, 1.54) is 0 Å². The first-order valence-electron chi connectivity index (χ1n) is 2.52. The first-order valence-corrected chi connectivity index (χ1v) is 4.16. The predicted molar refractivity (Wildman–Crippen MR) is 55.9 cm³/mol. The van der Waals surface area contributed by atoms with Crippen LogP contribution in [-0.4, -0.2) is 21.7 Å². The molecule has 0 spiro atoms. The van der Waals surface area contributed by atoms with Gasteiger partial charge in [0.25, 0.3) is 0 Å². The van der Waals surface area contributed by atoms with E-state index in [1.54, 1.807) is 0 Å². The molecular weight excluding hydrogens is 325 g/mol. The van der Waals surface area contributed by atoms with Crippen molar-refractivity contribution in [2.45, 2.75) is 0 Å². The maximum absolute atomic E-state index is 4.59. The van der Waals surface area contributed by atoms with Crippen LogP contribution in [0.15, 0.2) is 0 Å². The minimum absolute atomic E-state index is 0. The van der Waals surface area contributed by atoms with E-state index in [9.17, 15) is 0 Å². The van der Waals surface area contributed by atoms with E-state index in [2.05, 4.69) is 60.3 Å². The van der Waals surface area contributed by atoms with Crippen molar-refractivity contribution in [2.75, 3.05) is 13.1 Å². The molecule has 2 N–H and O–H groups in total. The summed E-state index contributed by atoms with van der Waals surface area (Å²) in [5.41, 5.74) is 0. The van der Waals surface area contributed by atoms with Crippen molar-refractivity contribution in [3.8, 4) is 0 Å². The third kappa shape index (κ3) is 17.4. The van der Waals surface area contributed by atoms with Crippen LogP contribution in [0.2, 0.25) is 0 Å². The number of thiocarbonyl (C=S) groups is 2. The van der Waals surface area contributed by atoms with E-state index in [4.69, 9.17) is 0 Å². The van der Waals surface area contributed by atoms with Crippen molar-refractivity contribution in [3.63, 3.8) is 0 Å². The van der Waals surface area contributed by atoms with Crippen molar-refractivity contribution in [1.82, 2.24) is 10.6 Å². The first-order chi connectivity index (χ1) is 4.63. The number of rotatable bonds is 3. The van der Waals surface area contributed by atoms with Gasteiger partial charge in [-0.2, -0.15) is 0 Å². The van der Waals surface area contributed by atoms with E-state index in [-0.39, 0.29) is 36.5 Å². The molecule has 65 valence electrons. The summed E-state index contributed by atoms with van der Waals surface area (Å²) in [4.78, 5) is 0. The molecule has 0 saturated heterocycles. The van der Waals surface area contributed by atoms with Crippen LogP contribution in [0.4, 0.5) is 0 Å². The van der Waals surface area contributed by atoms with Gasteiger partial charge in [0.15, 0.2) is 0 Å². The fourth-order valence-corrected chi connectivity index (χ4v) is 0.737. The van der Waals surface area contributed by atoms with Gasteiger partial charge in [-0.05, 0) is 0 Å². The third-order valence-corrected chi connectivity index (χ3v) is 1.24. The molecule has 2 nitrogen and oxygen atoms in total. The van der Waals surface area contributed by atoms with Crippen molar-refractivity contribution in [1.29, 1.82) is 0 Å². The average molecular weight is 331 g/mol. The summed E-state index contributed by atoms with van der Waals surface area (Å²) in [6, 6.07) is 0. The SMILES string of the molecule is S=C([S-])NCCNC(=S)[S-].[Mn+2].[Zn]. The van der Waals surface area contributed by atoms with E-state index in [0.29, 0.717) is 21.7 Å². The van der Waals surface area contributed by atoms with Crippen LogP contribution in [0, 0.1) is 0 Å². The molecule has 0 aromatic heterocycles. The molecule has 0 heterocycles. The summed E-state index contributed by atoms with van der Waals surface area (Å²) in [5, 5.41) is 5.56. The standard InChI is InChI=1S/C4H8N2S4.Mn.Zn/c7-3(8)5-1-2-6-4(9)10;;/h1-2H2,(H2,5,7,8)(H2,6,9,10);;/q;+2;/p-2. The minimum atomic E-state index is 0. The van der Waals surface area contributed by atoms with Gasteiger partial charge in [0.2, 0.25) is 0 Å². The van der Waals surface area contributed by atoms with Gasteiger partial charge in [0.05, 0.1) is 0 Å². The zero-order chi connectivity index (χ0) is 7.98. The van der Waals surface area contributed by atoms with Gasteiger partial charge in [-0.25, -0.2) is 0 Å². The molecule has 1 radical (unpaired) electrons. The van der Waals surface area contributed by atoms with Crippen LogP contribution in [0.3, 0.4) is 0 Å². The van der Waals surface area contributed by atoms with Crippen LogP contribution in [0.5, 0.6) is 0 Å². The second-order valence-electron chi connectivity index (χ2n) is 1.43. The van der Waals surface area contributed by atoms with Crippen LogP contribution in [0.25, 0.3) is 0 Å². The predicted octanol–water partition coefficient (Wildman–Crippen LogP) is -0.176. The van der Waals surface area contributed by atoms with E-state index >= 15 is 0 Å². The third-order valence-electron chi connectivity index (χ3n) is 0.664. The molecule has 0 atom stereocenters.